The second kappa shape index (κ2) is 6.49. The molecule has 150 valence electrons. The van der Waals surface area contributed by atoms with E-state index in [4.69, 9.17) is 14.9 Å². The molecule has 1 aliphatic heterocycles. The second-order valence-corrected chi connectivity index (χ2v) is 13.5. The molecule has 9 nitrogen and oxygen atoms in total. The first kappa shape index (κ1) is 20.1. The fourth-order valence-corrected chi connectivity index (χ4v) is 4.86. The number of hydrogen-bond acceptors (Lipinski definition) is 8. The van der Waals surface area contributed by atoms with Gasteiger partial charge in [0.2, 0.25) is 0 Å². The molecule has 0 radical (unpaired) electrons. The lowest BCUT2D eigenvalue weighted by atomic mass is 9.96. The third kappa shape index (κ3) is 3.15. The number of aliphatic hydroxyl groups is 2. The van der Waals surface area contributed by atoms with E-state index in [0.717, 1.165) is 0 Å². The molecule has 1 unspecified atom stereocenters. The predicted molar refractivity (Wildman–Crippen MR) is 103 cm³/mol. The van der Waals surface area contributed by atoms with Crippen molar-refractivity contribution in [2.75, 3.05) is 12.3 Å². The zero-order valence-electron chi connectivity index (χ0n) is 16.7. The third-order valence-electron chi connectivity index (χ3n) is 5.83. The van der Waals surface area contributed by atoms with Gasteiger partial charge in [0.15, 0.2) is 26.0 Å². The lowest BCUT2D eigenvalue weighted by Crippen LogP contribution is -2.55. The van der Waals surface area contributed by atoms with Crippen molar-refractivity contribution in [2.24, 2.45) is 0 Å². The van der Waals surface area contributed by atoms with Gasteiger partial charge in [0.25, 0.3) is 0 Å². The number of anilines is 1. The Morgan fingerprint density at radius 1 is 1.33 bits per heavy atom. The summed E-state index contributed by atoms with van der Waals surface area (Å²) < 4.78 is 14.3. The molecular weight excluding hydrogens is 366 g/mol. The number of aliphatic hydroxyl groups excluding tert-OH is 2. The molecule has 1 aliphatic rings. The van der Waals surface area contributed by atoms with Crippen LogP contribution in [0.2, 0.25) is 18.1 Å². The number of hydrogen-bond donors (Lipinski definition) is 3. The Morgan fingerprint density at radius 3 is 2.59 bits per heavy atom. The predicted octanol–water partition coefficient (Wildman–Crippen LogP) is 1.44. The van der Waals surface area contributed by atoms with Crippen LogP contribution in [-0.2, 0) is 9.16 Å². The molecule has 1 fully saturated rings. The molecule has 0 spiro atoms. The van der Waals surface area contributed by atoms with Gasteiger partial charge in [0.1, 0.15) is 29.7 Å². The number of rotatable bonds is 4. The van der Waals surface area contributed by atoms with Crippen molar-refractivity contribution in [3.63, 3.8) is 0 Å². The van der Waals surface area contributed by atoms with Gasteiger partial charge in [0, 0.05) is 0 Å². The highest BCUT2D eigenvalue weighted by Crippen LogP contribution is 2.48. The van der Waals surface area contributed by atoms with Crippen molar-refractivity contribution < 1.29 is 19.4 Å². The minimum absolute atomic E-state index is 0.0683. The number of nitrogen functional groups attached to an aromatic ring is 1. The average molecular weight is 396 g/mol. The fourth-order valence-electron chi connectivity index (χ4n) is 3.23. The summed E-state index contributed by atoms with van der Waals surface area (Å²) in [5, 5.41) is 20.6. The van der Waals surface area contributed by atoms with Crippen molar-refractivity contribution in [3.05, 3.63) is 12.7 Å². The summed E-state index contributed by atoms with van der Waals surface area (Å²) in [6.45, 7) is 12.1. The zero-order valence-corrected chi connectivity index (χ0v) is 17.7. The number of imidazole rings is 1. The van der Waals surface area contributed by atoms with E-state index in [2.05, 4.69) is 48.8 Å². The Labute approximate surface area is 159 Å². The third-order valence-corrected chi connectivity index (χ3v) is 10.4. The molecule has 0 amide bonds. The normalized spacial score (nSPS) is 29.6. The lowest BCUT2D eigenvalue weighted by molar-refractivity contribution is -0.0861. The van der Waals surface area contributed by atoms with Crippen LogP contribution in [0, 0.1) is 0 Å². The molecule has 0 saturated carbocycles. The first-order valence-corrected chi connectivity index (χ1v) is 11.9. The average Bonchev–Trinajstić information content (AvgIpc) is 3.07. The van der Waals surface area contributed by atoms with Crippen LogP contribution >= 0.6 is 0 Å². The zero-order chi connectivity index (χ0) is 20.2. The fraction of sp³-hybridized carbons (Fsp3) is 0.706. The highest BCUT2D eigenvalue weighted by atomic mass is 28.4. The number of nitrogens with two attached hydrogens (primary N) is 1. The molecule has 10 heteroatoms. The van der Waals surface area contributed by atoms with E-state index in [0.29, 0.717) is 11.2 Å². The largest absolute Gasteiger partial charge is 0.404 e. The van der Waals surface area contributed by atoms with Gasteiger partial charge in [-0.25, -0.2) is 15.0 Å². The van der Waals surface area contributed by atoms with Crippen molar-refractivity contribution in [2.45, 2.75) is 69.9 Å². The van der Waals surface area contributed by atoms with Crippen LogP contribution in [-0.4, -0.2) is 62.5 Å². The van der Waals surface area contributed by atoms with Crippen LogP contribution in [0.25, 0.3) is 11.2 Å². The highest BCUT2D eigenvalue weighted by Gasteiger charge is 2.58. The topological polar surface area (TPSA) is 129 Å². The standard InChI is InChI=1S/C17H29N5O4Si/c1-16(2,3)27(5,6)26-17(4)12(24)10(7-23)25-15(17)22-9-21-11-13(18)19-8-20-14(11)22/h8-10,12,15,23-24H,7H2,1-6H3,(H2,18,19,20)/t10-,12?,15-,17+/m1/s1. The Balaban J connectivity index is 2.10. The lowest BCUT2D eigenvalue weighted by Gasteiger charge is -2.45. The van der Waals surface area contributed by atoms with Crippen molar-refractivity contribution in [3.8, 4) is 0 Å². The molecule has 2 aromatic rings. The Kier molecular flexibility index (Phi) is 4.84. The van der Waals surface area contributed by atoms with Crippen molar-refractivity contribution in [1.82, 2.24) is 19.5 Å². The first-order valence-electron chi connectivity index (χ1n) is 9.00. The SMILES string of the molecule is CC(C)(C)[Si](C)(C)O[C@@]1(C)C(O)[C@@H](CO)O[C@H]1n1cnc2c(N)ncnc21. The van der Waals surface area contributed by atoms with Gasteiger partial charge < -0.3 is 25.1 Å². The van der Waals surface area contributed by atoms with E-state index < -0.39 is 32.4 Å². The molecule has 4 N–H and O–H groups in total. The number of ether oxygens (including phenoxy) is 1. The van der Waals surface area contributed by atoms with Crippen molar-refractivity contribution in [1.29, 1.82) is 0 Å². The molecule has 3 rings (SSSR count). The maximum Gasteiger partial charge on any atom is 0.193 e. The molecule has 0 bridgehead atoms. The molecule has 3 heterocycles. The summed E-state index contributed by atoms with van der Waals surface area (Å²) >= 11 is 0. The summed E-state index contributed by atoms with van der Waals surface area (Å²) in [7, 11) is -2.27. The summed E-state index contributed by atoms with van der Waals surface area (Å²) in [5.74, 6) is 0.267. The number of nitrogens with zero attached hydrogens (tertiary/aromatic N) is 4. The molecule has 0 aliphatic carbocycles. The smallest absolute Gasteiger partial charge is 0.193 e. The van der Waals surface area contributed by atoms with Gasteiger partial charge in [-0.1, -0.05) is 20.8 Å². The molecule has 1 saturated heterocycles. The van der Waals surface area contributed by atoms with E-state index in [9.17, 15) is 10.2 Å². The monoisotopic (exact) mass is 395 g/mol. The van der Waals surface area contributed by atoms with Crippen LogP contribution in [0.15, 0.2) is 12.7 Å². The van der Waals surface area contributed by atoms with Crippen LogP contribution in [0.5, 0.6) is 0 Å². The van der Waals surface area contributed by atoms with Gasteiger partial charge in [-0.3, -0.25) is 4.57 Å². The van der Waals surface area contributed by atoms with E-state index in [-0.39, 0.29) is 17.5 Å². The van der Waals surface area contributed by atoms with Gasteiger partial charge in [0.05, 0.1) is 12.9 Å². The van der Waals surface area contributed by atoms with Gasteiger partial charge >= 0.3 is 0 Å². The summed E-state index contributed by atoms with van der Waals surface area (Å²) in [5.41, 5.74) is 5.75. The van der Waals surface area contributed by atoms with Gasteiger partial charge in [-0.05, 0) is 25.1 Å². The molecule has 4 atom stereocenters. The minimum atomic E-state index is -2.27. The highest BCUT2D eigenvalue weighted by molar-refractivity contribution is 6.74. The summed E-state index contributed by atoms with van der Waals surface area (Å²) in [6, 6.07) is 0. The van der Waals surface area contributed by atoms with Crippen LogP contribution in [0.4, 0.5) is 5.82 Å². The summed E-state index contributed by atoms with van der Waals surface area (Å²) in [4.78, 5) is 12.5. The minimum Gasteiger partial charge on any atom is -0.404 e. The van der Waals surface area contributed by atoms with Crippen LogP contribution < -0.4 is 5.73 Å². The molecular formula is C17H29N5O4Si. The first-order chi connectivity index (χ1) is 12.4. The Bertz CT molecular complexity index is 836. The maximum atomic E-state index is 11.0. The number of fused-ring (bicyclic) bond motifs is 1. The Morgan fingerprint density at radius 2 is 2.00 bits per heavy atom. The van der Waals surface area contributed by atoms with Crippen LogP contribution in [0.1, 0.15) is 33.9 Å². The molecule has 0 aromatic carbocycles. The van der Waals surface area contributed by atoms with E-state index in [1.165, 1.54) is 6.33 Å². The molecule has 27 heavy (non-hydrogen) atoms. The second-order valence-electron chi connectivity index (χ2n) is 8.78. The maximum absolute atomic E-state index is 11.0. The van der Waals surface area contributed by atoms with E-state index in [1.54, 1.807) is 10.9 Å². The van der Waals surface area contributed by atoms with Gasteiger partial charge in [-0.15, -0.1) is 0 Å². The van der Waals surface area contributed by atoms with Gasteiger partial charge in [-0.2, -0.15) is 0 Å². The van der Waals surface area contributed by atoms with Crippen LogP contribution in [0.3, 0.4) is 0 Å². The van der Waals surface area contributed by atoms with E-state index >= 15 is 0 Å². The van der Waals surface area contributed by atoms with Crippen molar-refractivity contribution >= 4 is 25.3 Å². The van der Waals surface area contributed by atoms with E-state index in [1.807, 2.05) is 6.92 Å². The quantitative estimate of drug-likeness (QED) is 0.663. The Hall–Kier alpha value is -1.59. The molecule has 2 aromatic heterocycles. The summed E-state index contributed by atoms with van der Waals surface area (Å²) in [6.07, 6.45) is 0.398. The number of aromatic nitrogens is 4.